The maximum absolute atomic E-state index is 12.8. The molecule has 2 heterocycles. The molecular weight excluding hydrogens is 326 g/mol. The first-order chi connectivity index (χ1) is 12.7. The van der Waals surface area contributed by atoms with E-state index in [2.05, 4.69) is 24.0 Å². The van der Waals surface area contributed by atoms with Gasteiger partial charge in [-0.15, -0.1) is 0 Å². The number of nitrogens with zero attached hydrogens (tertiary/aromatic N) is 3. The van der Waals surface area contributed by atoms with Crippen LogP contribution < -0.4 is 4.90 Å². The number of hydrogen-bond donors (Lipinski definition) is 0. The Morgan fingerprint density at radius 1 is 0.962 bits per heavy atom. The first-order valence-corrected chi connectivity index (χ1v) is 10.1. The molecule has 0 spiro atoms. The summed E-state index contributed by atoms with van der Waals surface area (Å²) >= 11 is 0. The SMILES string of the molecule is CCC1CCCN1C(=O)c1ccc(N2CCN(C(=O)C3CC3)CC2)cc1. The fraction of sp³-hybridized carbons (Fsp3) is 0.619. The third-order valence-corrected chi connectivity index (χ3v) is 6.11. The van der Waals surface area contributed by atoms with Gasteiger partial charge in [-0.3, -0.25) is 9.59 Å². The number of piperazine rings is 1. The molecule has 5 nitrogen and oxygen atoms in total. The summed E-state index contributed by atoms with van der Waals surface area (Å²) in [6, 6.07) is 8.44. The molecule has 1 saturated carbocycles. The van der Waals surface area contributed by atoms with Crippen LogP contribution in [0.15, 0.2) is 24.3 Å². The fourth-order valence-electron chi connectivity index (χ4n) is 4.28. The lowest BCUT2D eigenvalue weighted by molar-refractivity contribution is -0.132. The normalized spacial score (nSPS) is 23.4. The average Bonchev–Trinajstić information content (AvgIpc) is 3.44. The molecule has 5 heteroatoms. The summed E-state index contributed by atoms with van der Waals surface area (Å²) in [4.78, 5) is 31.3. The molecule has 0 radical (unpaired) electrons. The molecule has 1 aromatic carbocycles. The van der Waals surface area contributed by atoms with E-state index in [4.69, 9.17) is 0 Å². The van der Waals surface area contributed by atoms with Crippen molar-refractivity contribution in [2.75, 3.05) is 37.6 Å². The van der Waals surface area contributed by atoms with Gasteiger partial charge in [0.1, 0.15) is 0 Å². The monoisotopic (exact) mass is 355 g/mol. The van der Waals surface area contributed by atoms with E-state index >= 15 is 0 Å². The van der Waals surface area contributed by atoms with Gasteiger partial charge < -0.3 is 14.7 Å². The molecule has 0 N–H and O–H groups in total. The lowest BCUT2D eigenvalue weighted by Gasteiger charge is -2.36. The second kappa shape index (κ2) is 7.29. The minimum absolute atomic E-state index is 0.167. The molecule has 1 atom stereocenters. The Bertz CT molecular complexity index is 660. The van der Waals surface area contributed by atoms with E-state index in [1.807, 2.05) is 21.9 Å². The Morgan fingerprint density at radius 2 is 1.65 bits per heavy atom. The van der Waals surface area contributed by atoms with E-state index in [1.165, 1.54) is 0 Å². The van der Waals surface area contributed by atoms with Gasteiger partial charge in [0.25, 0.3) is 5.91 Å². The first kappa shape index (κ1) is 17.4. The van der Waals surface area contributed by atoms with Gasteiger partial charge in [-0.2, -0.15) is 0 Å². The van der Waals surface area contributed by atoms with Gasteiger partial charge in [0.2, 0.25) is 5.91 Å². The summed E-state index contributed by atoms with van der Waals surface area (Å²) in [5, 5.41) is 0. The molecule has 2 amide bonds. The summed E-state index contributed by atoms with van der Waals surface area (Å²) in [5.74, 6) is 0.826. The van der Waals surface area contributed by atoms with Crippen LogP contribution in [0.4, 0.5) is 5.69 Å². The van der Waals surface area contributed by atoms with E-state index in [-0.39, 0.29) is 5.91 Å². The topological polar surface area (TPSA) is 43.9 Å². The standard InChI is InChI=1S/C21H29N3O2/c1-2-18-4-3-11-24(18)21(26)17-7-9-19(10-8-17)22-12-14-23(15-13-22)20(25)16-5-6-16/h7-10,16,18H,2-6,11-15H2,1H3. The van der Waals surface area contributed by atoms with Gasteiger partial charge in [0.15, 0.2) is 0 Å². The number of anilines is 1. The first-order valence-electron chi connectivity index (χ1n) is 10.1. The van der Waals surface area contributed by atoms with Gasteiger partial charge in [0.05, 0.1) is 0 Å². The predicted octanol–water partition coefficient (Wildman–Crippen LogP) is 2.76. The second-order valence-electron chi connectivity index (χ2n) is 7.84. The van der Waals surface area contributed by atoms with Crippen LogP contribution >= 0.6 is 0 Å². The van der Waals surface area contributed by atoms with E-state index in [0.29, 0.717) is 17.9 Å². The largest absolute Gasteiger partial charge is 0.368 e. The van der Waals surface area contributed by atoms with E-state index < -0.39 is 0 Å². The summed E-state index contributed by atoms with van der Waals surface area (Å²) in [6.45, 7) is 6.40. The highest BCUT2D eigenvalue weighted by atomic mass is 16.2. The predicted molar refractivity (Wildman–Crippen MR) is 102 cm³/mol. The highest BCUT2D eigenvalue weighted by Gasteiger charge is 2.34. The smallest absolute Gasteiger partial charge is 0.254 e. The maximum atomic E-state index is 12.8. The minimum atomic E-state index is 0.167. The third kappa shape index (κ3) is 3.44. The van der Waals surface area contributed by atoms with Crippen molar-refractivity contribution in [2.45, 2.75) is 45.1 Å². The van der Waals surface area contributed by atoms with Gasteiger partial charge in [0, 0.05) is 55.9 Å². The molecule has 1 aromatic rings. The molecule has 1 aliphatic carbocycles. The van der Waals surface area contributed by atoms with Gasteiger partial charge >= 0.3 is 0 Å². The zero-order chi connectivity index (χ0) is 18.1. The molecule has 140 valence electrons. The summed E-state index contributed by atoms with van der Waals surface area (Å²) in [5.41, 5.74) is 1.94. The third-order valence-electron chi connectivity index (χ3n) is 6.11. The molecule has 2 aliphatic heterocycles. The zero-order valence-corrected chi connectivity index (χ0v) is 15.7. The van der Waals surface area contributed by atoms with Crippen molar-refractivity contribution in [1.82, 2.24) is 9.80 Å². The number of likely N-dealkylation sites (tertiary alicyclic amines) is 1. The van der Waals surface area contributed by atoms with Crippen molar-refractivity contribution in [3.8, 4) is 0 Å². The molecule has 4 rings (SSSR count). The van der Waals surface area contributed by atoms with E-state index in [1.54, 1.807) is 0 Å². The quantitative estimate of drug-likeness (QED) is 0.834. The molecule has 0 aromatic heterocycles. The second-order valence-corrected chi connectivity index (χ2v) is 7.84. The molecule has 3 aliphatic rings. The van der Waals surface area contributed by atoms with Crippen LogP contribution in [0.1, 0.15) is 49.4 Å². The zero-order valence-electron chi connectivity index (χ0n) is 15.7. The molecule has 0 bridgehead atoms. The van der Waals surface area contributed by atoms with Crippen LogP contribution in [0.5, 0.6) is 0 Å². The number of carbonyl (C=O) groups excluding carboxylic acids is 2. The highest BCUT2D eigenvalue weighted by Crippen LogP contribution is 2.31. The Labute approximate surface area is 155 Å². The summed E-state index contributed by atoms with van der Waals surface area (Å²) in [7, 11) is 0. The van der Waals surface area contributed by atoms with Crippen LogP contribution in [0, 0.1) is 5.92 Å². The summed E-state index contributed by atoms with van der Waals surface area (Å²) < 4.78 is 0. The van der Waals surface area contributed by atoms with Crippen LogP contribution in [0.2, 0.25) is 0 Å². The van der Waals surface area contributed by atoms with Crippen molar-refractivity contribution in [3.05, 3.63) is 29.8 Å². The Balaban J connectivity index is 1.36. The molecule has 1 unspecified atom stereocenters. The minimum Gasteiger partial charge on any atom is -0.368 e. The maximum Gasteiger partial charge on any atom is 0.254 e. The number of hydrogen-bond acceptors (Lipinski definition) is 3. The Hall–Kier alpha value is -2.04. The van der Waals surface area contributed by atoms with Crippen molar-refractivity contribution in [2.24, 2.45) is 5.92 Å². The highest BCUT2D eigenvalue weighted by molar-refractivity contribution is 5.95. The van der Waals surface area contributed by atoms with Crippen LogP contribution in [0.25, 0.3) is 0 Å². The van der Waals surface area contributed by atoms with Crippen LogP contribution in [-0.2, 0) is 4.79 Å². The van der Waals surface area contributed by atoms with Gasteiger partial charge in [-0.05, 0) is 56.4 Å². The Kier molecular flexibility index (Phi) is 4.88. The van der Waals surface area contributed by atoms with Crippen molar-refractivity contribution in [1.29, 1.82) is 0 Å². The van der Waals surface area contributed by atoms with Crippen LogP contribution in [-0.4, -0.2) is 60.4 Å². The van der Waals surface area contributed by atoms with Gasteiger partial charge in [-0.25, -0.2) is 0 Å². The fourth-order valence-corrected chi connectivity index (χ4v) is 4.28. The number of benzene rings is 1. The number of amides is 2. The molecule has 2 saturated heterocycles. The lowest BCUT2D eigenvalue weighted by Crippen LogP contribution is -2.49. The lowest BCUT2D eigenvalue weighted by atomic mass is 10.1. The number of carbonyl (C=O) groups is 2. The average molecular weight is 355 g/mol. The molecular formula is C21H29N3O2. The van der Waals surface area contributed by atoms with E-state index in [0.717, 1.165) is 76.1 Å². The summed E-state index contributed by atoms with van der Waals surface area (Å²) in [6.07, 6.45) is 5.43. The van der Waals surface area contributed by atoms with Gasteiger partial charge in [-0.1, -0.05) is 6.92 Å². The van der Waals surface area contributed by atoms with Crippen molar-refractivity contribution in [3.63, 3.8) is 0 Å². The molecule has 26 heavy (non-hydrogen) atoms. The van der Waals surface area contributed by atoms with Crippen molar-refractivity contribution < 1.29 is 9.59 Å². The van der Waals surface area contributed by atoms with Crippen molar-refractivity contribution >= 4 is 17.5 Å². The number of rotatable bonds is 4. The van der Waals surface area contributed by atoms with Crippen LogP contribution in [0.3, 0.4) is 0 Å². The molecule has 3 fully saturated rings. The van der Waals surface area contributed by atoms with E-state index in [9.17, 15) is 9.59 Å². The Morgan fingerprint density at radius 3 is 2.27 bits per heavy atom.